The lowest BCUT2D eigenvalue weighted by Crippen LogP contribution is -2.59. The molecule has 2 aliphatic rings. The standard InChI is InChI=1S/C20H31N3O3/c1-4-5-7-23(13-24)18-12-22-8-6-14-9-19(25-2)20(26-3)10-15(14)17(22)11-16(18)21/h9-10,13,16-18H,4-8,11-12,21H2,1-3H3/t16?,17?,18-/m0/s1. The van der Waals surface area contributed by atoms with Gasteiger partial charge in [0.15, 0.2) is 11.5 Å². The van der Waals surface area contributed by atoms with Crippen molar-refractivity contribution >= 4 is 6.41 Å². The van der Waals surface area contributed by atoms with E-state index in [0.29, 0.717) is 0 Å². The third kappa shape index (κ3) is 3.53. The van der Waals surface area contributed by atoms with Gasteiger partial charge in [0.2, 0.25) is 6.41 Å². The first kappa shape index (κ1) is 19.0. The Morgan fingerprint density at radius 2 is 2.04 bits per heavy atom. The molecule has 26 heavy (non-hydrogen) atoms. The van der Waals surface area contributed by atoms with Crippen molar-refractivity contribution < 1.29 is 14.3 Å². The molecule has 0 aromatic heterocycles. The highest BCUT2D eigenvalue weighted by atomic mass is 16.5. The largest absolute Gasteiger partial charge is 0.493 e. The minimum Gasteiger partial charge on any atom is -0.493 e. The molecule has 1 saturated heterocycles. The summed E-state index contributed by atoms with van der Waals surface area (Å²) in [6.45, 7) is 4.75. The molecule has 144 valence electrons. The van der Waals surface area contributed by atoms with E-state index >= 15 is 0 Å². The van der Waals surface area contributed by atoms with Crippen LogP contribution in [0.5, 0.6) is 11.5 Å². The second kappa shape index (κ2) is 8.27. The molecular weight excluding hydrogens is 330 g/mol. The number of benzene rings is 1. The number of carbonyl (C=O) groups excluding carboxylic acids is 1. The van der Waals surface area contributed by atoms with Gasteiger partial charge < -0.3 is 20.1 Å². The van der Waals surface area contributed by atoms with Gasteiger partial charge in [-0.25, -0.2) is 0 Å². The smallest absolute Gasteiger partial charge is 0.210 e. The zero-order valence-corrected chi connectivity index (χ0v) is 16.1. The lowest BCUT2D eigenvalue weighted by molar-refractivity contribution is -0.122. The first-order valence-corrected chi connectivity index (χ1v) is 9.58. The van der Waals surface area contributed by atoms with Gasteiger partial charge in [0, 0.05) is 31.7 Å². The fraction of sp³-hybridized carbons (Fsp3) is 0.650. The van der Waals surface area contributed by atoms with Gasteiger partial charge in [-0.15, -0.1) is 0 Å². The van der Waals surface area contributed by atoms with E-state index in [2.05, 4.69) is 24.0 Å². The normalized spacial score (nSPS) is 25.2. The zero-order valence-electron chi connectivity index (χ0n) is 16.1. The molecule has 3 atom stereocenters. The van der Waals surface area contributed by atoms with Crippen LogP contribution in [0.25, 0.3) is 0 Å². The molecule has 1 fully saturated rings. The van der Waals surface area contributed by atoms with Gasteiger partial charge in [0.05, 0.1) is 20.3 Å². The highest BCUT2D eigenvalue weighted by Gasteiger charge is 2.39. The number of nitrogens with zero attached hydrogens (tertiary/aromatic N) is 2. The molecule has 2 heterocycles. The van der Waals surface area contributed by atoms with Crippen molar-refractivity contribution in [3.05, 3.63) is 23.3 Å². The summed E-state index contributed by atoms with van der Waals surface area (Å²) in [5.74, 6) is 1.55. The van der Waals surface area contributed by atoms with E-state index in [0.717, 1.165) is 63.2 Å². The summed E-state index contributed by atoms with van der Waals surface area (Å²) in [5, 5.41) is 0. The number of carbonyl (C=O) groups is 1. The van der Waals surface area contributed by atoms with Crippen LogP contribution in [0.2, 0.25) is 0 Å². The van der Waals surface area contributed by atoms with E-state index in [9.17, 15) is 4.79 Å². The van der Waals surface area contributed by atoms with Crippen LogP contribution in [-0.4, -0.2) is 62.1 Å². The van der Waals surface area contributed by atoms with Crippen molar-refractivity contribution in [2.24, 2.45) is 5.73 Å². The van der Waals surface area contributed by atoms with Crippen LogP contribution < -0.4 is 15.2 Å². The van der Waals surface area contributed by atoms with Crippen LogP contribution in [-0.2, 0) is 11.2 Å². The Morgan fingerprint density at radius 1 is 1.31 bits per heavy atom. The molecule has 2 N–H and O–H groups in total. The Labute approximate surface area is 156 Å². The zero-order chi connectivity index (χ0) is 18.7. The third-order valence-corrected chi connectivity index (χ3v) is 5.86. The summed E-state index contributed by atoms with van der Waals surface area (Å²) in [6.07, 6.45) is 4.90. The van der Waals surface area contributed by atoms with Crippen molar-refractivity contribution in [2.75, 3.05) is 33.9 Å². The topological polar surface area (TPSA) is 68.0 Å². The molecule has 0 aliphatic carbocycles. The summed E-state index contributed by atoms with van der Waals surface area (Å²) in [6, 6.07) is 4.56. The molecule has 0 spiro atoms. The van der Waals surface area contributed by atoms with E-state index in [1.807, 2.05) is 4.90 Å². The predicted octanol–water partition coefficient (Wildman–Crippen LogP) is 1.96. The molecule has 1 aromatic rings. The van der Waals surface area contributed by atoms with Crippen molar-refractivity contribution in [1.82, 2.24) is 9.80 Å². The summed E-state index contributed by atoms with van der Waals surface area (Å²) < 4.78 is 11.0. The van der Waals surface area contributed by atoms with E-state index in [4.69, 9.17) is 15.2 Å². The second-order valence-corrected chi connectivity index (χ2v) is 7.33. The van der Waals surface area contributed by atoms with E-state index in [-0.39, 0.29) is 18.1 Å². The monoisotopic (exact) mass is 361 g/mol. The van der Waals surface area contributed by atoms with Gasteiger partial charge >= 0.3 is 0 Å². The summed E-state index contributed by atoms with van der Waals surface area (Å²) in [5.41, 5.74) is 9.13. The second-order valence-electron chi connectivity index (χ2n) is 7.33. The number of hydrogen-bond donors (Lipinski definition) is 1. The maximum atomic E-state index is 11.6. The molecular formula is C20H31N3O3. The number of ether oxygens (including phenoxy) is 2. The summed E-state index contributed by atoms with van der Waals surface area (Å²) in [7, 11) is 3.34. The minimum atomic E-state index is -0.0163. The number of unbranched alkanes of at least 4 members (excludes halogenated alkanes) is 1. The van der Waals surface area contributed by atoms with Gasteiger partial charge in [-0.3, -0.25) is 9.69 Å². The number of rotatable bonds is 7. The highest BCUT2D eigenvalue weighted by Crippen LogP contribution is 2.42. The minimum absolute atomic E-state index is 0.0163. The molecule has 1 amide bonds. The van der Waals surface area contributed by atoms with Crippen LogP contribution in [0.3, 0.4) is 0 Å². The van der Waals surface area contributed by atoms with Crippen molar-refractivity contribution in [2.45, 2.75) is 50.7 Å². The Morgan fingerprint density at radius 3 is 2.69 bits per heavy atom. The maximum absolute atomic E-state index is 11.6. The average Bonchev–Trinajstić information content (AvgIpc) is 2.67. The van der Waals surface area contributed by atoms with Crippen LogP contribution in [0.1, 0.15) is 43.4 Å². The van der Waals surface area contributed by atoms with Gasteiger partial charge in [-0.2, -0.15) is 0 Å². The Bertz CT molecular complexity index is 637. The number of fused-ring (bicyclic) bond motifs is 3. The first-order valence-electron chi connectivity index (χ1n) is 9.58. The molecule has 6 heteroatoms. The number of methoxy groups -OCH3 is 2. The Kier molecular flexibility index (Phi) is 6.04. The van der Waals surface area contributed by atoms with Gasteiger partial charge in [-0.05, 0) is 42.5 Å². The maximum Gasteiger partial charge on any atom is 0.210 e. The Balaban J connectivity index is 1.83. The molecule has 2 unspecified atom stereocenters. The van der Waals surface area contributed by atoms with Crippen molar-refractivity contribution in [1.29, 1.82) is 0 Å². The van der Waals surface area contributed by atoms with Crippen molar-refractivity contribution in [3.63, 3.8) is 0 Å². The number of amides is 1. The van der Waals surface area contributed by atoms with Crippen molar-refractivity contribution in [3.8, 4) is 11.5 Å². The lowest BCUT2D eigenvalue weighted by atomic mass is 9.83. The molecule has 3 rings (SSSR count). The van der Waals surface area contributed by atoms with Gasteiger partial charge in [-0.1, -0.05) is 13.3 Å². The molecule has 0 saturated carbocycles. The molecule has 0 bridgehead atoms. The van der Waals surface area contributed by atoms with E-state index < -0.39 is 0 Å². The van der Waals surface area contributed by atoms with Crippen LogP contribution >= 0.6 is 0 Å². The molecule has 1 aromatic carbocycles. The fourth-order valence-electron chi connectivity index (χ4n) is 4.35. The van der Waals surface area contributed by atoms with E-state index in [1.165, 1.54) is 11.1 Å². The SMILES string of the molecule is CCCCN(C=O)[C@H]1CN2CCc3cc(OC)c(OC)cc3C2CC1N. The summed E-state index contributed by atoms with van der Waals surface area (Å²) >= 11 is 0. The average molecular weight is 361 g/mol. The summed E-state index contributed by atoms with van der Waals surface area (Å²) in [4.78, 5) is 16.0. The van der Waals surface area contributed by atoms with Crippen LogP contribution in [0.15, 0.2) is 12.1 Å². The number of piperidine rings is 1. The quantitative estimate of drug-likeness (QED) is 0.752. The lowest BCUT2D eigenvalue weighted by Gasteiger charge is -2.48. The molecule has 2 aliphatic heterocycles. The fourth-order valence-corrected chi connectivity index (χ4v) is 4.35. The van der Waals surface area contributed by atoms with Gasteiger partial charge in [0.25, 0.3) is 0 Å². The van der Waals surface area contributed by atoms with Crippen LogP contribution in [0, 0.1) is 0 Å². The molecule has 0 radical (unpaired) electrons. The van der Waals surface area contributed by atoms with Gasteiger partial charge in [0.1, 0.15) is 0 Å². The van der Waals surface area contributed by atoms with E-state index in [1.54, 1.807) is 14.2 Å². The highest BCUT2D eigenvalue weighted by molar-refractivity contribution is 5.50. The molecule has 6 nitrogen and oxygen atoms in total. The number of nitrogens with two attached hydrogens (primary N) is 1. The van der Waals surface area contributed by atoms with Crippen LogP contribution in [0.4, 0.5) is 0 Å². The third-order valence-electron chi connectivity index (χ3n) is 5.86. The Hall–Kier alpha value is -1.79. The predicted molar refractivity (Wildman–Crippen MR) is 102 cm³/mol. The first-order chi connectivity index (χ1) is 12.6. The number of hydrogen-bond acceptors (Lipinski definition) is 5.